The molecule has 18 heteroatoms. The number of amidine groups is 1. The second-order valence-corrected chi connectivity index (χ2v) is 13.2. The van der Waals surface area contributed by atoms with Gasteiger partial charge in [0.15, 0.2) is 0 Å². The summed E-state index contributed by atoms with van der Waals surface area (Å²) in [6, 6.07) is 6.51. The summed E-state index contributed by atoms with van der Waals surface area (Å²) in [6.07, 6.45) is 0. The molecule has 2 aromatic heterocycles. The van der Waals surface area contributed by atoms with Crippen molar-refractivity contribution in [3.8, 4) is 5.69 Å². The maximum Gasteiger partial charge on any atom is 0.333 e. The highest BCUT2D eigenvalue weighted by Gasteiger charge is 2.26. The second kappa shape index (κ2) is 9.30. The number of urea groups is 1. The molecule has 2 amide bonds. The van der Waals surface area contributed by atoms with E-state index in [-0.39, 0.29) is 41.6 Å². The summed E-state index contributed by atoms with van der Waals surface area (Å²) in [5.74, 6) is -1.03. The van der Waals surface area contributed by atoms with E-state index >= 15 is 4.39 Å². The van der Waals surface area contributed by atoms with E-state index < -0.39 is 48.8 Å². The van der Waals surface area contributed by atoms with Crippen LogP contribution in [0.25, 0.3) is 16.6 Å². The fourth-order valence-electron chi connectivity index (χ4n) is 3.76. The van der Waals surface area contributed by atoms with Gasteiger partial charge in [0.2, 0.25) is 0 Å². The van der Waals surface area contributed by atoms with E-state index in [9.17, 15) is 31.2 Å². The van der Waals surface area contributed by atoms with E-state index in [2.05, 4.69) is 20.0 Å². The van der Waals surface area contributed by atoms with Crippen molar-refractivity contribution in [3.05, 3.63) is 73.5 Å². The zero-order valence-corrected chi connectivity index (χ0v) is 22.5. The third-order valence-electron chi connectivity index (χ3n) is 5.34. The Balaban J connectivity index is 1.48. The number of nitrogens with zero attached hydrogens (tertiary/aromatic N) is 2. The van der Waals surface area contributed by atoms with Crippen LogP contribution in [-0.4, -0.2) is 38.3 Å². The van der Waals surface area contributed by atoms with Crippen LogP contribution in [0.15, 0.2) is 65.6 Å². The van der Waals surface area contributed by atoms with E-state index in [4.69, 9.17) is 11.6 Å². The number of sulfonamides is 2. The first-order valence-corrected chi connectivity index (χ1v) is 14.7. The number of thiophene rings is 1. The zero-order valence-electron chi connectivity index (χ0n) is 19.3. The number of benzene rings is 2. The minimum Gasteiger partial charge on any atom is -0.342 e. The number of anilines is 2. The molecule has 1 aliphatic rings. The van der Waals surface area contributed by atoms with Crippen LogP contribution in [0.5, 0.6) is 0 Å². The maximum absolute atomic E-state index is 15.1. The summed E-state index contributed by atoms with van der Waals surface area (Å²) in [5.41, 5.74) is -2.64. The van der Waals surface area contributed by atoms with Gasteiger partial charge in [-0.2, -0.15) is 8.42 Å². The van der Waals surface area contributed by atoms with E-state index in [1.807, 2.05) is 0 Å². The number of nitrogens with one attached hydrogen (secondary N) is 4. The van der Waals surface area contributed by atoms with Gasteiger partial charge in [-0.1, -0.05) is 11.6 Å². The number of amides is 2. The lowest BCUT2D eigenvalue weighted by Crippen LogP contribution is -2.35. The van der Waals surface area contributed by atoms with Gasteiger partial charge >= 0.3 is 11.7 Å². The monoisotopic (exact) mass is 612 g/mol. The minimum atomic E-state index is -4.24. The van der Waals surface area contributed by atoms with Crippen LogP contribution >= 0.6 is 22.9 Å². The molecule has 0 saturated carbocycles. The Morgan fingerprint density at radius 1 is 1.15 bits per heavy atom. The Bertz CT molecular complexity index is 2080. The van der Waals surface area contributed by atoms with E-state index in [1.165, 1.54) is 25.1 Å². The molecule has 0 unspecified atom stereocenters. The van der Waals surface area contributed by atoms with Crippen molar-refractivity contribution < 1.29 is 26.0 Å². The normalized spacial score (nSPS) is 14.3. The second-order valence-electron chi connectivity index (χ2n) is 8.03. The van der Waals surface area contributed by atoms with Gasteiger partial charge in [-0.15, -0.1) is 15.7 Å². The minimum absolute atomic E-state index is 0.000929. The average Bonchev–Trinajstić information content (AvgIpc) is 3.26. The predicted octanol–water partition coefficient (Wildman–Crippen LogP) is 2.58. The fraction of sp³-hybridized carbons (Fsp3) is 0.0476. The topological polar surface area (TPSA) is 189 Å². The van der Waals surface area contributed by atoms with Crippen molar-refractivity contribution in [2.75, 3.05) is 10.6 Å². The number of carbonyl (C=O) groups is 1. The van der Waals surface area contributed by atoms with Gasteiger partial charge in [-0.25, -0.2) is 31.7 Å². The number of carbonyl (C=O) groups excluding carboxylic acids is 1. The molecule has 13 nitrogen and oxygen atoms in total. The lowest BCUT2D eigenvalue weighted by molar-refractivity contribution is 0.256. The lowest BCUT2D eigenvalue weighted by atomic mass is 10.2. The van der Waals surface area contributed by atoms with Crippen LogP contribution in [0, 0.1) is 5.82 Å². The molecule has 0 saturated heterocycles. The molecule has 0 bridgehead atoms. The SMILES string of the molecule is CC1=NS(=O)(=O)c2cc3c(=O)n(-c4ccc(NC(=O)NS(=O)(=O)c5ccc(Cl)s5)cc4F)c(=O)[nH]c3cc2N1. The number of aromatic amines is 1. The Hall–Kier alpha value is -4.06. The molecule has 2 aromatic carbocycles. The lowest BCUT2D eigenvalue weighted by Gasteiger charge is -2.17. The van der Waals surface area contributed by atoms with Crippen LogP contribution in [0.3, 0.4) is 0 Å². The van der Waals surface area contributed by atoms with Crippen molar-refractivity contribution in [2.24, 2.45) is 4.40 Å². The van der Waals surface area contributed by atoms with Gasteiger partial charge in [0.25, 0.3) is 25.6 Å². The summed E-state index contributed by atoms with van der Waals surface area (Å²) in [6.45, 7) is 1.43. The molecule has 39 heavy (non-hydrogen) atoms. The third kappa shape index (κ3) is 4.91. The first-order chi connectivity index (χ1) is 18.2. The molecule has 3 heterocycles. The number of hydrogen-bond acceptors (Lipinski definition) is 9. The predicted molar refractivity (Wildman–Crippen MR) is 143 cm³/mol. The number of fused-ring (bicyclic) bond motifs is 2. The molecule has 4 aromatic rings. The zero-order chi connectivity index (χ0) is 28.3. The Morgan fingerprint density at radius 3 is 2.56 bits per heavy atom. The van der Waals surface area contributed by atoms with Gasteiger partial charge in [0.05, 0.1) is 26.6 Å². The van der Waals surface area contributed by atoms with Crippen molar-refractivity contribution >= 4 is 77.1 Å². The molecule has 0 fully saturated rings. The maximum atomic E-state index is 15.1. The molecule has 1 aliphatic heterocycles. The van der Waals surface area contributed by atoms with Crippen molar-refractivity contribution in [1.82, 2.24) is 14.3 Å². The highest BCUT2D eigenvalue weighted by molar-refractivity contribution is 7.92. The van der Waals surface area contributed by atoms with Gasteiger partial charge < -0.3 is 15.6 Å². The molecular formula is C21H14ClFN6O7S3. The average molecular weight is 613 g/mol. The van der Waals surface area contributed by atoms with Crippen LogP contribution in [-0.2, 0) is 20.0 Å². The number of aromatic nitrogens is 2. The summed E-state index contributed by atoms with van der Waals surface area (Å²) in [4.78, 5) is 40.2. The number of H-pyrrole nitrogens is 1. The van der Waals surface area contributed by atoms with E-state index in [0.29, 0.717) is 4.57 Å². The first-order valence-electron chi connectivity index (χ1n) is 10.6. The van der Waals surface area contributed by atoms with Gasteiger partial charge in [0.1, 0.15) is 20.8 Å². The summed E-state index contributed by atoms with van der Waals surface area (Å²) in [7, 11) is -8.36. The van der Waals surface area contributed by atoms with Gasteiger partial charge in [-0.05, 0) is 49.4 Å². The first kappa shape index (κ1) is 26.5. The molecule has 5 rings (SSSR count). The van der Waals surface area contributed by atoms with E-state index in [1.54, 1.807) is 4.72 Å². The highest BCUT2D eigenvalue weighted by Crippen LogP contribution is 2.30. The van der Waals surface area contributed by atoms with Crippen LogP contribution in [0.4, 0.5) is 20.6 Å². The Kier molecular flexibility index (Phi) is 6.33. The van der Waals surface area contributed by atoms with Crippen molar-refractivity contribution in [2.45, 2.75) is 16.0 Å². The van der Waals surface area contributed by atoms with Crippen molar-refractivity contribution in [1.29, 1.82) is 0 Å². The van der Waals surface area contributed by atoms with Gasteiger partial charge in [-0.3, -0.25) is 4.79 Å². The Morgan fingerprint density at radius 2 is 1.90 bits per heavy atom. The van der Waals surface area contributed by atoms with E-state index in [0.717, 1.165) is 35.6 Å². The summed E-state index contributed by atoms with van der Waals surface area (Å²) < 4.78 is 70.2. The van der Waals surface area contributed by atoms with Crippen molar-refractivity contribution in [3.63, 3.8) is 0 Å². The molecule has 0 radical (unpaired) electrons. The smallest absolute Gasteiger partial charge is 0.333 e. The Labute approximate surface area is 227 Å². The third-order valence-corrected chi connectivity index (χ3v) is 9.80. The largest absolute Gasteiger partial charge is 0.342 e. The van der Waals surface area contributed by atoms with Crippen LogP contribution in [0.1, 0.15) is 6.92 Å². The highest BCUT2D eigenvalue weighted by atomic mass is 35.5. The number of hydrogen-bond donors (Lipinski definition) is 4. The van der Waals surface area contributed by atoms with Gasteiger partial charge in [0, 0.05) is 5.69 Å². The molecule has 4 N–H and O–H groups in total. The standard InChI is InChI=1S/C21H14ClFN6O7S3/c1-9-24-14-8-13-11(7-16(14)38(33,34)27-9)19(30)29(21(32)26-13)15-3-2-10(6-12(15)23)25-20(31)28-39(35,36)18-5-4-17(22)37-18/h2-8H,1H3,(H,24,27)(H,26,32)(H2,25,28,31). The number of rotatable bonds is 4. The molecule has 0 atom stereocenters. The number of halogens is 2. The van der Waals surface area contributed by atoms with Crippen LogP contribution in [0.2, 0.25) is 4.34 Å². The fourth-order valence-corrected chi connectivity index (χ4v) is 7.31. The van der Waals surface area contributed by atoms with Crippen LogP contribution < -0.4 is 26.6 Å². The quantitative estimate of drug-likeness (QED) is 0.270. The molecule has 202 valence electrons. The molecule has 0 aliphatic carbocycles. The molecule has 0 spiro atoms. The summed E-state index contributed by atoms with van der Waals surface area (Å²) >= 11 is 6.44. The molecular weight excluding hydrogens is 599 g/mol. The summed E-state index contributed by atoms with van der Waals surface area (Å²) in [5, 5.41) is 4.66.